The second kappa shape index (κ2) is 6.64. The lowest BCUT2D eigenvalue weighted by molar-refractivity contribution is -0.151. The van der Waals surface area contributed by atoms with E-state index in [2.05, 4.69) is 10.3 Å². The van der Waals surface area contributed by atoms with Gasteiger partial charge < -0.3 is 15.8 Å². The number of ketones is 1. The standard InChI is InChI=1S/C21H21N3O3/c22-17(11-14-12-23-18-8-4-2-6-15(14)18)19(25)21(20(26)27)16-7-3-1-5-13(16)9-10-24-21/h1-8,12,17,23-24H,9-11,22H2,(H,26,27). The SMILES string of the molecule is NC(Cc1c[nH]c2ccccc12)C(=O)C1(C(=O)O)NCCc2ccccc21. The highest BCUT2D eigenvalue weighted by Gasteiger charge is 2.51. The number of carbonyl (C=O) groups is 2. The maximum absolute atomic E-state index is 13.3. The Morgan fingerprint density at radius 3 is 2.70 bits per heavy atom. The first-order valence-electron chi connectivity index (χ1n) is 8.95. The minimum absolute atomic E-state index is 0.266. The third kappa shape index (κ3) is 2.74. The van der Waals surface area contributed by atoms with Gasteiger partial charge >= 0.3 is 5.97 Å². The van der Waals surface area contributed by atoms with E-state index in [1.54, 1.807) is 12.1 Å². The van der Waals surface area contributed by atoms with Gasteiger partial charge in [0.25, 0.3) is 0 Å². The van der Waals surface area contributed by atoms with Crippen LogP contribution < -0.4 is 11.1 Å². The summed E-state index contributed by atoms with van der Waals surface area (Å²) in [5.74, 6) is -1.73. The van der Waals surface area contributed by atoms with Crippen LogP contribution in [-0.2, 0) is 28.0 Å². The van der Waals surface area contributed by atoms with Crippen LogP contribution in [0.1, 0.15) is 16.7 Å². The maximum atomic E-state index is 13.3. The van der Waals surface area contributed by atoms with Gasteiger partial charge in [-0.25, -0.2) is 4.79 Å². The molecule has 138 valence electrons. The minimum atomic E-state index is -1.81. The van der Waals surface area contributed by atoms with E-state index < -0.39 is 23.3 Å². The molecule has 0 saturated heterocycles. The summed E-state index contributed by atoms with van der Waals surface area (Å²) >= 11 is 0. The topological polar surface area (TPSA) is 108 Å². The number of carboxylic acids is 1. The van der Waals surface area contributed by atoms with Crippen LogP contribution in [-0.4, -0.2) is 34.4 Å². The fourth-order valence-electron chi connectivity index (χ4n) is 4.01. The number of fused-ring (bicyclic) bond motifs is 2. The first-order valence-corrected chi connectivity index (χ1v) is 8.95. The van der Waals surface area contributed by atoms with Gasteiger partial charge in [0.1, 0.15) is 0 Å². The van der Waals surface area contributed by atoms with Crippen LogP contribution in [0.3, 0.4) is 0 Å². The number of carbonyl (C=O) groups excluding carboxylic acids is 1. The number of nitrogens with two attached hydrogens (primary N) is 1. The van der Waals surface area contributed by atoms with Gasteiger partial charge in [0.2, 0.25) is 5.54 Å². The molecular weight excluding hydrogens is 342 g/mol. The molecule has 1 aliphatic heterocycles. The van der Waals surface area contributed by atoms with Crippen LogP contribution in [0.5, 0.6) is 0 Å². The number of Topliss-reactive ketones (excluding diaryl/α,β-unsaturated/α-hetero) is 1. The quantitative estimate of drug-likeness (QED) is 0.516. The third-order valence-electron chi connectivity index (χ3n) is 5.35. The number of hydrogen-bond acceptors (Lipinski definition) is 4. The van der Waals surface area contributed by atoms with E-state index >= 15 is 0 Å². The third-order valence-corrected chi connectivity index (χ3v) is 5.35. The van der Waals surface area contributed by atoms with Crippen molar-refractivity contribution in [2.75, 3.05) is 6.54 Å². The molecule has 4 rings (SSSR count). The Hall–Kier alpha value is -2.96. The summed E-state index contributed by atoms with van der Waals surface area (Å²) in [4.78, 5) is 28.7. The molecule has 5 N–H and O–H groups in total. The predicted octanol–water partition coefficient (Wildman–Crippen LogP) is 1.73. The molecule has 2 atom stereocenters. The van der Waals surface area contributed by atoms with Crippen molar-refractivity contribution >= 4 is 22.7 Å². The zero-order valence-electron chi connectivity index (χ0n) is 14.7. The van der Waals surface area contributed by atoms with E-state index in [1.165, 1.54) is 0 Å². The average Bonchev–Trinajstić information content (AvgIpc) is 3.09. The molecule has 0 amide bonds. The van der Waals surface area contributed by atoms with Gasteiger partial charge in [0.15, 0.2) is 5.78 Å². The second-order valence-corrected chi connectivity index (χ2v) is 6.92. The number of hydrogen-bond donors (Lipinski definition) is 4. The summed E-state index contributed by atoms with van der Waals surface area (Å²) in [6, 6.07) is 14.0. The Kier molecular flexibility index (Phi) is 4.30. The summed E-state index contributed by atoms with van der Waals surface area (Å²) < 4.78 is 0. The van der Waals surface area contributed by atoms with Crippen LogP contribution >= 0.6 is 0 Å². The molecule has 0 bridgehead atoms. The molecule has 2 unspecified atom stereocenters. The number of para-hydroxylation sites is 1. The van der Waals surface area contributed by atoms with Crippen molar-refractivity contribution in [3.8, 4) is 0 Å². The Balaban J connectivity index is 1.70. The molecular formula is C21H21N3O3. The van der Waals surface area contributed by atoms with Crippen molar-refractivity contribution in [1.82, 2.24) is 10.3 Å². The molecule has 0 radical (unpaired) electrons. The summed E-state index contributed by atoms with van der Waals surface area (Å²) in [6.45, 7) is 0.412. The average molecular weight is 363 g/mol. The van der Waals surface area contributed by atoms with Gasteiger partial charge in [-0.1, -0.05) is 42.5 Å². The molecule has 1 aromatic heterocycles. The van der Waals surface area contributed by atoms with E-state index in [0.717, 1.165) is 22.0 Å². The van der Waals surface area contributed by atoms with E-state index in [1.807, 2.05) is 42.6 Å². The predicted molar refractivity (Wildman–Crippen MR) is 102 cm³/mol. The number of carboxylic acid groups (broad SMARTS) is 1. The molecule has 6 heteroatoms. The molecule has 0 saturated carbocycles. The molecule has 2 aromatic carbocycles. The molecule has 27 heavy (non-hydrogen) atoms. The molecule has 0 fully saturated rings. The van der Waals surface area contributed by atoms with E-state index in [0.29, 0.717) is 18.5 Å². The number of aromatic nitrogens is 1. The van der Waals surface area contributed by atoms with Gasteiger partial charge in [-0.3, -0.25) is 10.1 Å². The highest BCUT2D eigenvalue weighted by molar-refractivity contribution is 6.11. The number of H-pyrrole nitrogens is 1. The Bertz CT molecular complexity index is 1030. The van der Waals surface area contributed by atoms with Gasteiger partial charge in [-0.2, -0.15) is 0 Å². The number of nitrogens with one attached hydrogen (secondary N) is 2. The smallest absolute Gasteiger partial charge is 0.336 e. The Morgan fingerprint density at radius 2 is 1.89 bits per heavy atom. The first kappa shape index (κ1) is 17.5. The summed E-state index contributed by atoms with van der Waals surface area (Å²) in [7, 11) is 0. The van der Waals surface area contributed by atoms with Crippen LogP contribution in [0.4, 0.5) is 0 Å². The number of rotatable bonds is 5. The monoisotopic (exact) mass is 363 g/mol. The highest BCUT2D eigenvalue weighted by Crippen LogP contribution is 2.32. The number of aliphatic carboxylic acids is 1. The van der Waals surface area contributed by atoms with E-state index in [-0.39, 0.29) is 6.42 Å². The first-order chi connectivity index (χ1) is 13.0. The Morgan fingerprint density at radius 1 is 1.15 bits per heavy atom. The van der Waals surface area contributed by atoms with Crippen LogP contribution in [0.15, 0.2) is 54.7 Å². The van der Waals surface area contributed by atoms with Crippen molar-refractivity contribution in [2.24, 2.45) is 5.73 Å². The summed E-state index contributed by atoms with van der Waals surface area (Å²) in [5.41, 5.74) is 7.65. The molecule has 3 aromatic rings. The molecule has 2 heterocycles. The number of aromatic amines is 1. The zero-order valence-corrected chi connectivity index (χ0v) is 14.7. The van der Waals surface area contributed by atoms with Crippen molar-refractivity contribution in [3.63, 3.8) is 0 Å². The lowest BCUT2D eigenvalue weighted by Gasteiger charge is -2.36. The molecule has 0 spiro atoms. The van der Waals surface area contributed by atoms with Gasteiger partial charge in [0.05, 0.1) is 6.04 Å². The van der Waals surface area contributed by atoms with Crippen LogP contribution in [0, 0.1) is 0 Å². The minimum Gasteiger partial charge on any atom is -0.479 e. The van der Waals surface area contributed by atoms with Gasteiger partial charge in [-0.05, 0) is 35.6 Å². The van der Waals surface area contributed by atoms with E-state index in [4.69, 9.17) is 5.73 Å². The highest BCUT2D eigenvalue weighted by atomic mass is 16.4. The van der Waals surface area contributed by atoms with Crippen LogP contribution in [0.25, 0.3) is 10.9 Å². The Labute approximate surface area is 156 Å². The normalized spacial score (nSPS) is 20.2. The largest absolute Gasteiger partial charge is 0.479 e. The lowest BCUT2D eigenvalue weighted by atomic mass is 9.76. The van der Waals surface area contributed by atoms with Crippen molar-refractivity contribution in [1.29, 1.82) is 0 Å². The van der Waals surface area contributed by atoms with Crippen molar-refractivity contribution in [3.05, 3.63) is 71.4 Å². The van der Waals surface area contributed by atoms with Gasteiger partial charge in [-0.15, -0.1) is 0 Å². The molecule has 0 aliphatic carbocycles. The summed E-state index contributed by atoms with van der Waals surface area (Å²) in [6.07, 6.45) is 2.77. The number of benzene rings is 2. The van der Waals surface area contributed by atoms with Crippen molar-refractivity contribution < 1.29 is 14.7 Å². The van der Waals surface area contributed by atoms with Gasteiger partial charge in [0, 0.05) is 23.6 Å². The fraction of sp³-hybridized carbons (Fsp3) is 0.238. The van der Waals surface area contributed by atoms with E-state index in [9.17, 15) is 14.7 Å². The fourth-order valence-corrected chi connectivity index (χ4v) is 4.01. The zero-order chi connectivity index (χ0) is 19.0. The second-order valence-electron chi connectivity index (χ2n) is 6.92. The lowest BCUT2D eigenvalue weighted by Crippen LogP contribution is -2.62. The maximum Gasteiger partial charge on any atom is 0.336 e. The summed E-state index contributed by atoms with van der Waals surface area (Å²) in [5, 5.41) is 13.9. The van der Waals surface area contributed by atoms with Crippen molar-refractivity contribution in [2.45, 2.75) is 24.4 Å². The van der Waals surface area contributed by atoms with Crippen LogP contribution in [0.2, 0.25) is 0 Å². The molecule has 1 aliphatic rings. The molecule has 6 nitrogen and oxygen atoms in total.